The Hall–Kier alpha value is -0.610. The molecule has 0 aliphatic rings. The molecule has 0 bridgehead atoms. The molecule has 1 amide bonds. The van der Waals surface area contributed by atoms with Crippen LogP contribution in [0.3, 0.4) is 0 Å². The molecule has 4 heteroatoms. The van der Waals surface area contributed by atoms with Crippen LogP contribution in [0.2, 0.25) is 0 Å². The highest BCUT2D eigenvalue weighted by Crippen LogP contribution is 2.02. The van der Waals surface area contributed by atoms with Crippen molar-refractivity contribution in [3.8, 4) is 0 Å². The average Bonchev–Trinajstić information content (AvgIpc) is 2.01. The van der Waals surface area contributed by atoms with Crippen LogP contribution < -0.4 is 11.1 Å². The Bertz CT molecular complexity index is 170. The van der Waals surface area contributed by atoms with E-state index in [2.05, 4.69) is 5.32 Å². The van der Waals surface area contributed by atoms with E-state index in [-0.39, 0.29) is 12.0 Å². The summed E-state index contributed by atoms with van der Waals surface area (Å²) in [5.74, 6) is 0.298. The van der Waals surface area contributed by atoms with Gasteiger partial charge in [-0.25, -0.2) is 0 Å². The van der Waals surface area contributed by atoms with E-state index in [0.29, 0.717) is 25.3 Å². The molecule has 0 aromatic rings. The fraction of sp³-hybridized carbons (Fsp3) is 0.900. The summed E-state index contributed by atoms with van der Waals surface area (Å²) in [6, 6.07) is -0.427. The third kappa shape index (κ3) is 6.86. The van der Waals surface area contributed by atoms with Crippen molar-refractivity contribution in [1.29, 1.82) is 0 Å². The Labute approximate surface area is 85.9 Å². The topological polar surface area (TPSA) is 75.4 Å². The van der Waals surface area contributed by atoms with Gasteiger partial charge in [0.1, 0.15) is 0 Å². The van der Waals surface area contributed by atoms with Crippen molar-refractivity contribution in [3.63, 3.8) is 0 Å². The predicted octanol–water partition coefficient (Wildman–Crippen LogP) is 0.247. The molecule has 0 aromatic heterocycles. The molecule has 84 valence electrons. The van der Waals surface area contributed by atoms with Gasteiger partial charge >= 0.3 is 0 Å². The van der Waals surface area contributed by atoms with Crippen LogP contribution in [0.25, 0.3) is 0 Å². The highest BCUT2D eigenvalue weighted by Gasteiger charge is 2.14. The first-order valence-corrected chi connectivity index (χ1v) is 5.14. The summed E-state index contributed by atoms with van der Waals surface area (Å²) in [5, 5.41) is 11.7. The highest BCUT2D eigenvalue weighted by atomic mass is 16.3. The second-order valence-electron chi connectivity index (χ2n) is 4.16. The molecule has 0 aromatic carbocycles. The molecule has 4 N–H and O–H groups in total. The molecule has 0 saturated carbocycles. The summed E-state index contributed by atoms with van der Waals surface area (Å²) >= 11 is 0. The molecule has 0 saturated heterocycles. The Morgan fingerprint density at radius 1 is 1.43 bits per heavy atom. The molecular formula is C10H22N2O2. The van der Waals surface area contributed by atoms with Crippen LogP contribution in [0, 0.1) is 5.92 Å². The van der Waals surface area contributed by atoms with Crippen molar-refractivity contribution < 1.29 is 9.90 Å². The second kappa shape index (κ2) is 6.79. The van der Waals surface area contributed by atoms with Gasteiger partial charge in [-0.05, 0) is 25.7 Å². The zero-order chi connectivity index (χ0) is 11.1. The third-order valence-electron chi connectivity index (χ3n) is 1.92. The molecule has 0 aliphatic carbocycles. The van der Waals surface area contributed by atoms with E-state index in [1.165, 1.54) is 0 Å². The summed E-state index contributed by atoms with van der Waals surface area (Å²) in [6.45, 7) is 6.24. The van der Waals surface area contributed by atoms with E-state index in [0.717, 1.165) is 0 Å². The fourth-order valence-corrected chi connectivity index (χ4v) is 1.15. The highest BCUT2D eigenvalue weighted by molar-refractivity contribution is 5.81. The molecule has 0 heterocycles. The molecule has 14 heavy (non-hydrogen) atoms. The molecule has 2 unspecified atom stereocenters. The molecule has 2 atom stereocenters. The van der Waals surface area contributed by atoms with Crippen molar-refractivity contribution in [2.45, 2.75) is 45.8 Å². The number of hydrogen-bond donors (Lipinski definition) is 3. The van der Waals surface area contributed by atoms with Gasteiger partial charge in [-0.15, -0.1) is 0 Å². The number of aliphatic hydroxyl groups excluding tert-OH is 1. The number of aliphatic hydroxyl groups is 1. The zero-order valence-corrected chi connectivity index (χ0v) is 9.29. The lowest BCUT2D eigenvalue weighted by Crippen LogP contribution is -2.42. The lowest BCUT2D eigenvalue weighted by molar-refractivity contribution is -0.122. The Morgan fingerprint density at radius 3 is 2.43 bits per heavy atom. The number of nitrogens with two attached hydrogens (primary N) is 1. The van der Waals surface area contributed by atoms with E-state index in [4.69, 9.17) is 10.8 Å². The summed E-state index contributed by atoms with van der Waals surface area (Å²) in [5.41, 5.74) is 5.66. The van der Waals surface area contributed by atoms with Gasteiger partial charge in [0, 0.05) is 6.54 Å². The Kier molecular flexibility index (Phi) is 6.49. The quantitative estimate of drug-likeness (QED) is 0.578. The number of carbonyl (C=O) groups excluding carboxylic acids is 1. The number of nitrogens with one attached hydrogen (secondary N) is 1. The van der Waals surface area contributed by atoms with Crippen molar-refractivity contribution in [2.75, 3.05) is 6.54 Å². The zero-order valence-electron chi connectivity index (χ0n) is 9.29. The maximum Gasteiger partial charge on any atom is 0.236 e. The molecule has 0 fully saturated rings. The fourth-order valence-electron chi connectivity index (χ4n) is 1.15. The van der Waals surface area contributed by atoms with Gasteiger partial charge in [0.2, 0.25) is 5.91 Å². The monoisotopic (exact) mass is 202 g/mol. The van der Waals surface area contributed by atoms with Gasteiger partial charge in [0.15, 0.2) is 0 Å². The minimum absolute atomic E-state index is 0.126. The van der Waals surface area contributed by atoms with Crippen LogP contribution in [-0.2, 0) is 4.79 Å². The number of rotatable bonds is 6. The van der Waals surface area contributed by atoms with E-state index < -0.39 is 6.04 Å². The van der Waals surface area contributed by atoms with Crippen molar-refractivity contribution >= 4 is 5.91 Å². The van der Waals surface area contributed by atoms with Gasteiger partial charge in [-0.3, -0.25) is 4.79 Å². The van der Waals surface area contributed by atoms with Crippen LogP contribution in [0.1, 0.15) is 33.6 Å². The molecule has 0 rings (SSSR count). The lowest BCUT2D eigenvalue weighted by Gasteiger charge is -2.14. The summed E-state index contributed by atoms with van der Waals surface area (Å²) < 4.78 is 0. The van der Waals surface area contributed by atoms with Gasteiger partial charge < -0.3 is 16.2 Å². The molecule has 0 radical (unpaired) electrons. The predicted molar refractivity (Wildman–Crippen MR) is 56.7 cm³/mol. The van der Waals surface area contributed by atoms with Gasteiger partial charge in [-0.2, -0.15) is 0 Å². The summed E-state index contributed by atoms with van der Waals surface area (Å²) in [6.07, 6.45) is 0.886. The van der Waals surface area contributed by atoms with Crippen LogP contribution in [-0.4, -0.2) is 29.7 Å². The SMILES string of the molecule is CC(C)CC(N)C(=O)NCCC(C)O. The van der Waals surface area contributed by atoms with Crippen LogP contribution >= 0.6 is 0 Å². The van der Waals surface area contributed by atoms with E-state index >= 15 is 0 Å². The van der Waals surface area contributed by atoms with Crippen molar-refractivity contribution in [3.05, 3.63) is 0 Å². The first-order chi connectivity index (χ1) is 6.43. The van der Waals surface area contributed by atoms with Gasteiger partial charge in [0.05, 0.1) is 12.1 Å². The molecule has 0 aliphatic heterocycles. The van der Waals surface area contributed by atoms with Gasteiger partial charge in [-0.1, -0.05) is 13.8 Å². The Morgan fingerprint density at radius 2 is 2.00 bits per heavy atom. The lowest BCUT2D eigenvalue weighted by atomic mass is 10.0. The number of hydrogen-bond acceptors (Lipinski definition) is 3. The third-order valence-corrected chi connectivity index (χ3v) is 1.92. The van der Waals surface area contributed by atoms with Crippen LogP contribution in [0.15, 0.2) is 0 Å². The van der Waals surface area contributed by atoms with E-state index in [1.807, 2.05) is 13.8 Å². The minimum Gasteiger partial charge on any atom is -0.393 e. The molecule has 0 spiro atoms. The summed E-state index contributed by atoms with van der Waals surface area (Å²) in [4.78, 5) is 11.3. The number of carbonyl (C=O) groups is 1. The average molecular weight is 202 g/mol. The number of amides is 1. The van der Waals surface area contributed by atoms with Crippen LogP contribution in [0.4, 0.5) is 0 Å². The maximum absolute atomic E-state index is 11.3. The first kappa shape index (κ1) is 13.4. The first-order valence-electron chi connectivity index (χ1n) is 5.14. The Balaban J connectivity index is 3.62. The van der Waals surface area contributed by atoms with Gasteiger partial charge in [0.25, 0.3) is 0 Å². The molecular weight excluding hydrogens is 180 g/mol. The minimum atomic E-state index is -0.427. The van der Waals surface area contributed by atoms with Crippen LogP contribution in [0.5, 0.6) is 0 Å². The van der Waals surface area contributed by atoms with Crippen molar-refractivity contribution in [2.24, 2.45) is 11.7 Å². The van der Waals surface area contributed by atoms with E-state index in [9.17, 15) is 4.79 Å². The second-order valence-corrected chi connectivity index (χ2v) is 4.16. The maximum atomic E-state index is 11.3. The normalized spacial score (nSPS) is 15.3. The van der Waals surface area contributed by atoms with E-state index in [1.54, 1.807) is 6.92 Å². The largest absolute Gasteiger partial charge is 0.393 e. The molecule has 4 nitrogen and oxygen atoms in total. The van der Waals surface area contributed by atoms with Crippen molar-refractivity contribution in [1.82, 2.24) is 5.32 Å². The summed E-state index contributed by atoms with van der Waals surface area (Å²) in [7, 11) is 0. The standard InChI is InChI=1S/C10H22N2O2/c1-7(2)6-9(11)10(14)12-5-4-8(3)13/h7-9,13H,4-6,11H2,1-3H3,(H,12,14). The smallest absolute Gasteiger partial charge is 0.236 e.